The Morgan fingerprint density at radius 1 is 1.04 bits per heavy atom. The van der Waals surface area contributed by atoms with Gasteiger partial charge in [0.25, 0.3) is 0 Å². The van der Waals surface area contributed by atoms with Crippen LogP contribution < -0.4 is 10.1 Å². The number of methoxy groups -OCH3 is 2. The average Bonchev–Trinajstić information content (AvgIpc) is 3.80. The van der Waals surface area contributed by atoms with Crippen LogP contribution in [0.15, 0.2) is 91.1 Å². The number of benzene rings is 3. The molecule has 2 unspecified atom stereocenters. The first-order valence-electron chi connectivity index (χ1n) is 15.5. The zero-order chi connectivity index (χ0) is 32.1. The van der Waals surface area contributed by atoms with E-state index in [-0.39, 0.29) is 42.1 Å². The summed E-state index contributed by atoms with van der Waals surface area (Å²) in [5.41, 5.74) is 0.177. The van der Waals surface area contributed by atoms with Crippen molar-refractivity contribution in [1.82, 2.24) is 14.9 Å². The summed E-state index contributed by atoms with van der Waals surface area (Å²) in [6.45, 7) is -0.0518. The molecular formula is C36H37F2N3O5. The first-order chi connectivity index (χ1) is 22.4. The third-order valence-corrected chi connectivity index (χ3v) is 8.85. The molecule has 10 heteroatoms. The number of carbonyl (C=O) groups is 1. The van der Waals surface area contributed by atoms with Crippen molar-refractivity contribution in [3.05, 3.63) is 119 Å². The van der Waals surface area contributed by atoms with Gasteiger partial charge in [-0.05, 0) is 42.2 Å². The molecule has 1 aliphatic carbocycles. The molecule has 1 saturated carbocycles. The van der Waals surface area contributed by atoms with E-state index in [1.165, 1.54) is 25.6 Å². The fourth-order valence-corrected chi connectivity index (χ4v) is 6.51. The molecule has 6 rings (SSSR count). The Kier molecular flexibility index (Phi) is 9.35. The lowest BCUT2D eigenvalue weighted by atomic mass is 9.82. The van der Waals surface area contributed by atoms with E-state index >= 15 is 8.78 Å². The Balaban J connectivity index is 1.52. The zero-order valence-corrected chi connectivity index (χ0v) is 25.9. The fourth-order valence-electron chi connectivity index (χ4n) is 6.51. The Morgan fingerprint density at radius 2 is 1.80 bits per heavy atom. The highest BCUT2D eigenvalue weighted by atomic mass is 19.2. The van der Waals surface area contributed by atoms with Gasteiger partial charge in [0.2, 0.25) is 12.7 Å². The van der Waals surface area contributed by atoms with Crippen LogP contribution in [0.5, 0.6) is 5.75 Å². The van der Waals surface area contributed by atoms with Crippen LogP contribution in [0.3, 0.4) is 0 Å². The molecule has 1 amide bonds. The molecule has 2 atom stereocenters. The lowest BCUT2D eigenvalue weighted by Gasteiger charge is -2.35. The highest BCUT2D eigenvalue weighted by molar-refractivity contribution is 5.85. The van der Waals surface area contributed by atoms with Gasteiger partial charge in [-0.25, -0.2) is 13.8 Å². The van der Waals surface area contributed by atoms with Gasteiger partial charge in [0.15, 0.2) is 23.0 Å². The number of rotatable bonds is 11. The maximum absolute atomic E-state index is 16.3. The van der Waals surface area contributed by atoms with E-state index in [1.807, 2.05) is 30.3 Å². The average molecular weight is 630 g/mol. The quantitative estimate of drug-likeness (QED) is 0.196. The molecule has 3 aromatic carbocycles. The number of halogens is 2. The van der Waals surface area contributed by atoms with Crippen molar-refractivity contribution in [3.63, 3.8) is 0 Å². The summed E-state index contributed by atoms with van der Waals surface area (Å²) in [6, 6.07) is 18.2. The maximum atomic E-state index is 16.3. The van der Waals surface area contributed by atoms with Crippen molar-refractivity contribution in [3.8, 4) is 17.1 Å². The van der Waals surface area contributed by atoms with Gasteiger partial charge < -0.3 is 28.8 Å². The lowest BCUT2D eigenvalue weighted by molar-refractivity contribution is -0.124. The minimum Gasteiger partial charge on any atom is -0.497 e. The summed E-state index contributed by atoms with van der Waals surface area (Å²) >= 11 is 0. The van der Waals surface area contributed by atoms with Gasteiger partial charge in [-0.15, -0.1) is 0 Å². The number of imidazole rings is 1. The first-order valence-corrected chi connectivity index (χ1v) is 15.5. The van der Waals surface area contributed by atoms with Gasteiger partial charge in [0.05, 0.1) is 12.7 Å². The number of hydrogen-bond acceptors (Lipinski definition) is 6. The molecule has 1 aliphatic heterocycles. The number of ether oxygens (including phenoxy) is 4. The standard InChI is InChI=1S/C36H37F2N3O5/c1-43-27-15-13-25(14-16-27)33(35(42)40-26-11-7-4-8-12-26)41-20-19-39-34(41)31-28(17-18-29(37)32(31)38)36(44-2,30-22-45-23-46-30)21-24-9-5-3-6-10-24/h3,5-6,9-10,13-20,22,26,33H,4,7-8,11-12,21,23H2,1-2H3,(H,40,42). The van der Waals surface area contributed by atoms with Crippen LogP contribution in [0.2, 0.25) is 0 Å². The van der Waals surface area contributed by atoms with E-state index < -0.39 is 23.3 Å². The van der Waals surface area contributed by atoms with E-state index in [4.69, 9.17) is 18.9 Å². The van der Waals surface area contributed by atoms with Gasteiger partial charge >= 0.3 is 0 Å². The van der Waals surface area contributed by atoms with Crippen molar-refractivity contribution in [2.24, 2.45) is 0 Å². The molecule has 1 aromatic heterocycles. The molecule has 1 fully saturated rings. The van der Waals surface area contributed by atoms with Gasteiger partial charge in [0.1, 0.15) is 23.9 Å². The van der Waals surface area contributed by atoms with E-state index in [0.29, 0.717) is 17.1 Å². The minimum atomic E-state index is -1.43. The van der Waals surface area contributed by atoms with Crippen LogP contribution in [0.1, 0.15) is 54.8 Å². The van der Waals surface area contributed by atoms with Gasteiger partial charge in [-0.3, -0.25) is 4.79 Å². The van der Waals surface area contributed by atoms with Crippen molar-refractivity contribution in [2.45, 2.75) is 56.2 Å². The monoisotopic (exact) mass is 629 g/mol. The third kappa shape index (κ3) is 6.09. The van der Waals surface area contributed by atoms with E-state index in [2.05, 4.69) is 10.3 Å². The number of nitrogens with zero attached hydrogens (tertiary/aromatic N) is 2. The molecule has 0 spiro atoms. The number of carbonyl (C=O) groups excluding carboxylic acids is 1. The van der Waals surface area contributed by atoms with Gasteiger partial charge in [-0.2, -0.15) is 0 Å². The summed E-state index contributed by atoms with van der Waals surface area (Å²) in [4.78, 5) is 18.7. The summed E-state index contributed by atoms with van der Waals surface area (Å²) in [5.74, 6) is -1.49. The summed E-state index contributed by atoms with van der Waals surface area (Å²) in [5, 5.41) is 3.22. The van der Waals surface area contributed by atoms with Crippen LogP contribution in [-0.2, 0) is 31.0 Å². The smallest absolute Gasteiger partial charge is 0.247 e. The number of aromatic nitrogens is 2. The number of amides is 1. The maximum Gasteiger partial charge on any atom is 0.247 e. The molecule has 0 bridgehead atoms. The Morgan fingerprint density at radius 3 is 2.48 bits per heavy atom. The SMILES string of the molecule is COc1ccc(C(C(=O)NC2CCCCC2)n2ccnc2-c2c(C(Cc3ccccc3)(OC)C3=COCO3)ccc(F)c2F)cc1. The topological polar surface area (TPSA) is 83.8 Å². The van der Waals surface area contributed by atoms with Gasteiger partial charge in [0, 0.05) is 37.5 Å². The normalized spacial score (nSPS) is 16.9. The summed E-state index contributed by atoms with van der Waals surface area (Å²) < 4.78 is 56.0. The van der Waals surface area contributed by atoms with Crippen LogP contribution >= 0.6 is 0 Å². The second-order valence-corrected chi connectivity index (χ2v) is 11.6. The predicted molar refractivity (Wildman–Crippen MR) is 168 cm³/mol. The first kappa shape index (κ1) is 31.3. The second-order valence-electron chi connectivity index (χ2n) is 11.6. The minimum absolute atomic E-state index is 0.0221. The summed E-state index contributed by atoms with van der Waals surface area (Å²) in [7, 11) is 3.05. The van der Waals surface area contributed by atoms with Crippen LogP contribution in [0, 0.1) is 11.6 Å². The van der Waals surface area contributed by atoms with Crippen LogP contribution in [0.4, 0.5) is 8.78 Å². The van der Waals surface area contributed by atoms with Crippen molar-refractivity contribution >= 4 is 5.91 Å². The molecule has 240 valence electrons. The summed E-state index contributed by atoms with van der Waals surface area (Å²) in [6.07, 6.45) is 9.71. The number of nitrogens with one attached hydrogen (secondary N) is 1. The molecular weight excluding hydrogens is 592 g/mol. The highest BCUT2D eigenvalue weighted by Gasteiger charge is 2.45. The molecule has 2 aliphatic rings. The lowest BCUT2D eigenvalue weighted by Crippen LogP contribution is -2.41. The van der Waals surface area contributed by atoms with Crippen LogP contribution in [0.25, 0.3) is 11.4 Å². The Bertz CT molecular complexity index is 1690. The largest absolute Gasteiger partial charge is 0.497 e. The molecule has 1 N–H and O–H groups in total. The van der Waals surface area contributed by atoms with Crippen molar-refractivity contribution in [2.75, 3.05) is 21.0 Å². The fraction of sp³-hybridized carbons (Fsp3) is 0.333. The zero-order valence-electron chi connectivity index (χ0n) is 25.9. The third-order valence-electron chi connectivity index (χ3n) is 8.85. The molecule has 0 radical (unpaired) electrons. The predicted octanol–water partition coefficient (Wildman–Crippen LogP) is 6.81. The van der Waals surface area contributed by atoms with Crippen molar-refractivity contribution in [1.29, 1.82) is 0 Å². The second kappa shape index (κ2) is 13.7. The Hall–Kier alpha value is -4.70. The Labute approximate surface area is 267 Å². The van der Waals surface area contributed by atoms with Crippen LogP contribution in [-0.4, -0.2) is 42.5 Å². The van der Waals surface area contributed by atoms with E-state index in [1.54, 1.807) is 42.1 Å². The van der Waals surface area contributed by atoms with E-state index in [9.17, 15) is 4.79 Å². The number of hydrogen-bond donors (Lipinski definition) is 1. The molecule has 4 aromatic rings. The van der Waals surface area contributed by atoms with E-state index in [0.717, 1.165) is 43.7 Å². The molecule has 0 saturated heterocycles. The highest BCUT2D eigenvalue weighted by Crippen LogP contribution is 2.45. The van der Waals surface area contributed by atoms with Crippen molar-refractivity contribution < 1.29 is 32.5 Å². The molecule has 46 heavy (non-hydrogen) atoms. The molecule has 2 heterocycles. The van der Waals surface area contributed by atoms with Gasteiger partial charge in [-0.1, -0.05) is 67.8 Å². The molecule has 8 nitrogen and oxygen atoms in total.